The maximum atomic E-state index is 13.3. The zero-order valence-electron chi connectivity index (χ0n) is 13.8. The molecule has 124 valence electrons. The first kappa shape index (κ1) is 15.4. The van der Waals surface area contributed by atoms with Gasteiger partial charge in [0.15, 0.2) is 0 Å². The SMILES string of the molecule is Cc1sc2nc(N3CCOCC3)n(-c3ccccc3)c(=O)c2c1C. The summed E-state index contributed by atoms with van der Waals surface area (Å²) in [6.45, 7) is 6.85. The predicted octanol–water partition coefficient (Wildman–Crippen LogP) is 2.90. The van der Waals surface area contributed by atoms with Gasteiger partial charge in [-0.25, -0.2) is 9.55 Å². The first-order valence-corrected chi connectivity index (χ1v) is 8.89. The fraction of sp³-hybridized carbons (Fsp3) is 0.333. The maximum absolute atomic E-state index is 13.3. The molecule has 6 heteroatoms. The average molecular weight is 341 g/mol. The third kappa shape index (κ3) is 2.42. The highest BCUT2D eigenvalue weighted by Crippen LogP contribution is 2.29. The molecule has 1 aliphatic heterocycles. The molecule has 4 rings (SSSR count). The Kier molecular flexibility index (Phi) is 3.86. The van der Waals surface area contributed by atoms with E-state index in [-0.39, 0.29) is 5.56 Å². The average Bonchev–Trinajstić information content (AvgIpc) is 2.91. The van der Waals surface area contributed by atoms with E-state index < -0.39 is 0 Å². The van der Waals surface area contributed by atoms with Gasteiger partial charge in [0.1, 0.15) is 4.83 Å². The Balaban J connectivity index is 2.03. The van der Waals surface area contributed by atoms with Crippen molar-refractivity contribution in [2.24, 2.45) is 0 Å². The minimum absolute atomic E-state index is 0.00884. The summed E-state index contributed by atoms with van der Waals surface area (Å²) >= 11 is 1.59. The van der Waals surface area contributed by atoms with Crippen molar-refractivity contribution in [1.29, 1.82) is 0 Å². The molecule has 1 fully saturated rings. The van der Waals surface area contributed by atoms with Crippen LogP contribution >= 0.6 is 11.3 Å². The molecule has 0 saturated carbocycles. The molecule has 1 aromatic carbocycles. The van der Waals surface area contributed by atoms with E-state index in [1.807, 2.05) is 44.2 Å². The molecule has 0 N–H and O–H groups in total. The Labute approximate surface area is 144 Å². The van der Waals surface area contributed by atoms with E-state index in [2.05, 4.69) is 4.90 Å². The molecule has 3 aromatic rings. The molecule has 5 nitrogen and oxygen atoms in total. The van der Waals surface area contributed by atoms with E-state index in [0.717, 1.165) is 39.4 Å². The molecule has 0 bridgehead atoms. The van der Waals surface area contributed by atoms with Gasteiger partial charge in [-0.3, -0.25) is 4.79 Å². The van der Waals surface area contributed by atoms with Crippen LogP contribution in [0.3, 0.4) is 0 Å². The second-order valence-corrected chi connectivity index (χ2v) is 7.15. The minimum Gasteiger partial charge on any atom is -0.378 e. The molecule has 3 heterocycles. The molecular weight excluding hydrogens is 322 g/mol. The van der Waals surface area contributed by atoms with Gasteiger partial charge in [0, 0.05) is 18.0 Å². The van der Waals surface area contributed by atoms with Gasteiger partial charge >= 0.3 is 0 Å². The Morgan fingerprint density at radius 3 is 2.54 bits per heavy atom. The van der Waals surface area contributed by atoms with Crippen molar-refractivity contribution >= 4 is 27.5 Å². The number of thiophene rings is 1. The highest BCUT2D eigenvalue weighted by atomic mass is 32.1. The Morgan fingerprint density at radius 2 is 1.83 bits per heavy atom. The number of morpholine rings is 1. The van der Waals surface area contributed by atoms with E-state index in [1.165, 1.54) is 0 Å². The summed E-state index contributed by atoms with van der Waals surface area (Å²) in [7, 11) is 0. The standard InChI is InChI=1S/C18H19N3O2S/c1-12-13(2)24-16-15(12)17(22)21(14-6-4-3-5-7-14)18(19-16)20-8-10-23-11-9-20/h3-7H,8-11H2,1-2H3. The molecule has 0 radical (unpaired) electrons. The summed E-state index contributed by atoms with van der Waals surface area (Å²) in [5.41, 5.74) is 1.89. The van der Waals surface area contributed by atoms with Crippen molar-refractivity contribution in [3.63, 3.8) is 0 Å². The first-order valence-electron chi connectivity index (χ1n) is 8.07. The number of para-hydroxylation sites is 1. The normalized spacial score (nSPS) is 15.2. The largest absolute Gasteiger partial charge is 0.378 e. The van der Waals surface area contributed by atoms with Gasteiger partial charge in [-0.2, -0.15) is 0 Å². The first-order chi connectivity index (χ1) is 11.7. The van der Waals surface area contributed by atoms with Crippen LogP contribution in [0.2, 0.25) is 0 Å². The molecule has 2 aromatic heterocycles. The van der Waals surface area contributed by atoms with Crippen LogP contribution in [0.4, 0.5) is 5.95 Å². The topological polar surface area (TPSA) is 47.4 Å². The number of benzene rings is 1. The lowest BCUT2D eigenvalue weighted by atomic mass is 10.2. The summed E-state index contributed by atoms with van der Waals surface area (Å²) in [5.74, 6) is 0.711. The van der Waals surface area contributed by atoms with Gasteiger partial charge in [0.25, 0.3) is 5.56 Å². The van der Waals surface area contributed by atoms with Crippen molar-refractivity contribution in [3.05, 3.63) is 51.1 Å². The number of hydrogen-bond acceptors (Lipinski definition) is 5. The quantitative estimate of drug-likeness (QED) is 0.719. The predicted molar refractivity (Wildman–Crippen MR) is 97.7 cm³/mol. The number of aryl methyl sites for hydroxylation is 2. The zero-order valence-corrected chi connectivity index (χ0v) is 14.6. The van der Waals surface area contributed by atoms with Crippen molar-refractivity contribution in [2.45, 2.75) is 13.8 Å². The van der Waals surface area contributed by atoms with Gasteiger partial charge in [0.05, 0.1) is 24.3 Å². The molecular formula is C18H19N3O2S. The van der Waals surface area contributed by atoms with E-state index in [0.29, 0.717) is 19.2 Å². The van der Waals surface area contributed by atoms with E-state index >= 15 is 0 Å². The van der Waals surface area contributed by atoms with Crippen LogP contribution in [0.1, 0.15) is 10.4 Å². The Hall–Kier alpha value is -2.18. The summed E-state index contributed by atoms with van der Waals surface area (Å²) in [6, 6.07) is 9.75. The van der Waals surface area contributed by atoms with Crippen LogP contribution in [0.15, 0.2) is 35.1 Å². The smallest absolute Gasteiger partial charge is 0.268 e. The van der Waals surface area contributed by atoms with Crippen molar-refractivity contribution in [1.82, 2.24) is 9.55 Å². The summed E-state index contributed by atoms with van der Waals surface area (Å²) in [4.78, 5) is 22.3. The number of nitrogens with zero attached hydrogens (tertiary/aromatic N) is 3. The van der Waals surface area contributed by atoms with Crippen LogP contribution in [0.5, 0.6) is 0 Å². The minimum atomic E-state index is 0.00884. The lowest BCUT2D eigenvalue weighted by Gasteiger charge is -2.29. The van der Waals surface area contributed by atoms with Gasteiger partial charge in [-0.05, 0) is 31.5 Å². The zero-order chi connectivity index (χ0) is 16.7. The summed E-state index contributed by atoms with van der Waals surface area (Å²) in [5, 5.41) is 0.735. The fourth-order valence-corrected chi connectivity index (χ4v) is 4.08. The Morgan fingerprint density at radius 1 is 1.12 bits per heavy atom. The highest BCUT2D eigenvalue weighted by molar-refractivity contribution is 7.18. The van der Waals surface area contributed by atoms with Crippen LogP contribution in [-0.2, 0) is 4.74 Å². The monoisotopic (exact) mass is 341 g/mol. The second kappa shape index (κ2) is 6.03. The molecule has 0 spiro atoms. The lowest BCUT2D eigenvalue weighted by Crippen LogP contribution is -2.40. The molecule has 0 unspecified atom stereocenters. The number of aromatic nitrogens is 2. The van der Waals surface area contributed by atoms with Gasteiger partial charge in [-0.1, -0.05) is 18.2 Å². The number of rotatable bonds is 2. The van der Waals surface area contributed by atoms with Gasteiger partial charge in [0.2, 0.25) is 5.95 Å². The van der Waals surface area contributed by atoms with E-state index in [9.17, 15) is 4.79 Å². The number of fused-ring (bicyclic) bond motifs is 1. The highest BCUT2D eigenvalue weighted by Gasteiger charge is 2.22. The van der Waals surface area contributed by atoms with Crippen LogP contribution in [0, 0.1) is 13.8 Å². The molecule has 24 heavy (non-hydrogen) atoms. The van der Waals surface area contributed by atoms with Crippen LogP contribution < -0.4 is 10.5 Å². The Bertz CT molecular complexity index is 940. The van der Waals surface area contributed by atoms with E-state index in [4.69, 9.17) is 9.72 Å². The van der Waals surface area contributed by atoms with Crippen LogP contribution in [0.25, 0.3) is 15.9 Å². The molecule has 0 amide bonds. The van der Waals surface area contributed by atoms with Crippen molar-refractivity contribution < 1.29 is 4.74 Å². The number of anilines is 1. The van der Waals surface area contributed by atoms with E-state index in [1.54, 1.807) is 15.9 Å². The number of hydrogen-bond donors (Lipinski definition) is 0. The van der Waals surface area contributed by atoms with Gasteiger partial charge < -0.3 is 9.64 Å². The van der Waals surface area contributed by atoms with Crippen LogP contribution in [-0.4, -0.2) is 35.9 Å². The lowest BCUT2D eigenvalue weighted by molar-refractivity contribution is 0.122. The van der Waals surface area contributed by atoms with Crippen molar-refractivity contribution in [2.75, 3.05) is 31.2 Å². The van der Waals surface area contributed by atoms with Gasteiger partial charge in [-0.15, -0.1) is 11.3 Å². The number of ether oxygens (including phenoxy) is 1. The summed E-state index contributed by atoms with van der Waals surface area (Å²) < 4.78 is 7.20. The molecule has 0 aliphatic carbocycles. The third-order valence-corrected chi connectivity index (χ3v) is 5.59. The third-order valence-electron chi connectivity index (χ3n) is 4.49. The molecule has 0 atom stereocenters. The molecule has 1 aliphatic rings. The fourth-order valence-electron chi connectivity index (χ4n) is 3.07. The molecule has 1 saturated heterocycles. The summed E-state index contributed by atoms with van der Waals surface area (Å²) in [6.07, 6.45) is 0. The van der Waals surface area contributed by atoms with Crippen molar-refractivity contribution in [3.8, 4) is 5.69 Å². The second-order valence-electron chi connectivity index (χ2n) is 5.95. The maximum Gasteiger partial charge on any atom is 0.268 e.